The summed E-state index contributed by atoms with van der Waals surface area (Å²) in [7, 11) is 0. The molecule has 1 saturated heterocycles. The first-order chi connectivity index (χ1) is 14.8. The Hall–Kier alpha value is -3.68. The van der Waals surface area contributed by atoms with E-state index in [0.717, 1.165) is 4.90 Å². The maximum absolute atomic E-state index is 12.9. The Morgan fingerprint density at radius 3 is 2.19 bits per heavy atom. The zero-order valence-electron chi connectivity index (χ0n) is 17.8. The molecule has 1 heterocycles. The van der Waals surface area contributed by atoms with Crippen LogP contribution < -0.4 is 10.6 Å². The van der Waals surface area contributed by atoms with E-state index in [4.69, 9.17) is 0 Å². The minimum absolute atomic E-state index is 0.0811. The number of benzene rings is 2. The van der Waals surface area contributed by atoms with Crippen molar-refractivity contribution in [1.82, 2.24) is 15.1 Å². The van der Waals surface area contributed by atoms with Gasteiger partial charge in [-0.05, 0) is 50.6 Å². The van der Waals surface area contributed by atoms with Crippen molar-refractivity contribution in [3.63, 3.8) is 0 Å². The van der Waals surface area contributed by atoms with Gasteiger partial charge >= 0.3 is 6.03 Å². The monoisotopic (exact) mass is 422 g/mol. The van der Waals surface area contributed by atoms with Crippen LogP contribution in [0.2, 0.25) is 0 Å². The molecule has 2 aromatic carbocycles. The normalized spacial score (nSPS) is 18.0. The van der Waals surface area contributed by atoms with Crippen LogP contribution >= 0.6 is 0 Å². The molecule has 2 aromatic rings. The summed E-state index contributed by atoms with van der Waals surface area (Å²) in [5, 5.41) is 5.34. The summed E-state index contributed by atoms with van der Waals surface area (Å²) in [6.45, 7) is 6.26. The average molecular weight is 422 g/mol. The number of rotatable bonds is 7. The molecule has 31 heavy (non-hydrogen) atoms. The van der Waals surface area contributed by atoms with Crippen molar-refractivity contribution in [2.45, 2.75) is 26.3 Å². The third-order valence-electron chi connectivity index (χ3n) is 5.39. The van der Waals surface area contributed by atoms with Crippen LogP contribution in [0.5, 0.6) is 0 Å². The van der Waals surface area contributed by atoms with E-state index in [2.05, 4.69) is 10.6 Å². The van der Waals surface area contributed by atoms with E-state index >= 15 is 0 Å². The molecule has 0 saturated carbocycles. The summed E-state index contributed by atoms with van der Waals surface area (Å²) < 4.78 is 0. The minimum atomic E-state index is -1.22. The summed E-state index contributed by atoms with van der Waals surface area (Å²) in [6.07, 6.45) is 0. The van der Waals surface area contributed by atoms with E-state index in [9.17, 15) is 19.2 Å². The number of anilines is 1. The number of imide groups is 1. The fourth-order valence-corrected chi connectivity index (χ4v) is 3.54. The second-order valence-corrected chi connectivity index (χ2v) is 7.42. The molecule has 0 radical (unpaired) electrons. The molecule has 162 valence electrons. The molecule has 8 nitrogen and oxygen atoms in total. The number of hydrogen-bond acceptors (Lipinski definition) is 4. The van der Waals surface area contributed by atoms with Gasteiger partial charge in [0, 0.05) is 24.3 Å². The number of carbonyl (C=O) groups excluding carboxylic acids is 4. The largest absolute Gasteiger partial charge is 0.339 e. The van der Waals surface area contributed by atoms with Crippen LogP contribution in [0.25, 0.3) is 0 Å². The van der Waals surface area contributed by atoms with E-state index in [0.29, 0.717) is 29.9 Å². The summed E-state index contributed by atoms with van der Waals surface area (Å²) in [5.74, 6) is -1.08. The van der Waals surface area contributed by atoms with E-state index in [1.54, 1.807) is 60.4 Å². The number of hydrogen-bond donors (Lipinski definition) is 2. The third-order valence-corrected chi connectivity index (χ3v) is 5.39. The van der Waals surface area contributed by atoms with Crippen LogP contribution in [0.1, 0.15) is 36.7 Å². The topological polar surface area (TPSA) is 98.8 Å². The molecule has 1 fully saturated rings. The summed E-state index contributed by atoms with van der Waals surface area (Å²) >= 11 is 0. The Morgan fingerprint density at radius 2 is 1.61 bits per heavy atom. The van der Waals surface area contributed by atoms with Crippen LogP contribution in [0.4, 0.5) is 10.5 Å². The van der Waals surface area contributed by atoms with Crippen molar-refractivity contribution in [1.29, 1.82) is 0 Å². The zero-order chi connectivity index (χ0) is 22.6. The molecule has 0 spiro atoms. The molecule has 0 unspecified atom stereocenters. The lowest BCUT2D eigenvalue weighted by molar-refractivity contribution is -0.133. The fourth-order valence-electron chi connectivity index (χ4n) is 3.54. The van der Waals surface area contributed by atoms with Crippen LogP contribution in [0.15, 0.2) is 54.6 Å². The summed E-state index contributed by atoms with van der Waals surface area (Å²) in [4.78, 5) is 52.7. The highest BCUT2D eigenvalue weighted by Gasteiger charge is 2.49. The van der Waals surface area contributed by atoms with Crippen molar-refractivity contribution in [3.8, 4) is 0 Å². The van der Waals surface area contributed by atoms with Gasteiger partial charge in [-0.25, -0.2) is 4.79 Å². The standard InChI is InChI=1S/C23H26N4O4/c1-4-26(5-2)20(29)16-11-13-18(14-12-16)24-19(28)15-27-21(30)23(3,25-22(27)31)17-9-7-6-8-10-17/h6-14H,4-5,15H2,1-3H3,(H,24,28)(H,25,31)/t23-/m0/s1. The van der Waals surface area contributed by atoms with Gasteiger partial charge < -0.3 is 15.5 Å². The Morgan fingerprint density at radius 1 is 1.00 bits per heavy atom. The number of amides is 5. The molecule has 3 rings (SSSR count). The molecule has 1 atom stereocenters. The van der Waals surface area contributed by atoms with Crippen molar-refractivity contribution in [3.05, 3.63) is 65.7 Å². The van der Waals surface area contributed by atoms with Crippen molar-refractivity contribution < 1.29 is 19.2 Å². The molecule has 0 bridgehead atoms. The molecule has 1 aliphatic heterocycles. The van der Waals surface area contributed by atoms with Gasteiger partial charge in [-0.2, -0.15) is 0 Å². The molecule has 0 aliphatic carbocycles. The maximum Gasteiger partial charge on any atom is 0.325 e. The number of carbonyl (C=O) groups is 4. The van der Waals surface area contributed by atoms with Crippen LogP contribution in [0.3, 0.4) is 0 Å². The highest BCUT2D eigenvalue weighted by Crippen LogP contribution is 2.28. The first-order valence-corrected chi connectivity index (χ1v) is 10.2. The highest BCUT2D eigenvalue weighted by molar-refractivity contribution is 6.10. The lowest BCUT2D eigenvalue weighted by atomic mass is 9.92. The van der Waals surface area contributed by atoms with Gasteiger partial charge in [-0.1, -0.05) is 30.3 Å². The first-order valence-electron chi connectivity index (χ1n) is 10.2. The molecule has 5 amide bonds. The van der Waals surface area contributed by atoms with E-state index in [-0.39, 0.29) is 5.91 Å². The quantitative estimate of drug-likeness (QED) is 0.670. The predicted octanol–water partition coefficient (Wildman–Crippen LogP) is 2.57. The van der Waals surface area contributed by atoms with Gasteiger partial charge in [0.15, 0.2) is 0 Å². The van der Waals surface area contributed by atoms with Crippen LogP contribution in [-0.4, -0.2) is 53.2 Å². The molecule has 8 heteroatoms. The summed E-state index contributed by atoms with van der Waals surface area (Å²) in [6, 6.07) is 14.8. The molecular weight excluding hydrogens is 396 g/mol. The smallest absolute Gasteiger partial charge is 0.325 e. The predicted molar refractivity (Wildman–Crippen MR) is 116 cm³/mol. The van der Waals surface area contributed by atoms with E-state index in [1.807, 2.05) is 19.9 Å². The van der Waals surface area contributed by atoms with Crippen molar-refractivity contribution in [2.75, 3.05) is 25.0 Å². The van der Waals surface area contributed by atoms with Gasteiger partial charge in [0.2, 0.25) is 5.91 Å². The Labute approximate surface area is 181 Å². The Kier molecular flexibility index (Phi) is 6.39. The van der Waals surface area contributed by atoms with Crippen molar-refractivity contribution in [2.24, 2.45) is 0 Å². The van der Waals surface area contributed by atoms with Crippen molar-refractivity contribution >= 4 is 29.4 Å². The van der Waals surface area contributed by atoms with Crippen LogP contribution in [0, 0.1) is 0 Å². The fraction of sp³-hybridized carbons (Fsp3) is 0.304. The Balaban J connectivity index is 1.65. The highest BCUT2D eigenvalue weighted by atomic mass is 16.2. The molecule has 0 aromatic heterocycles. The maximum atomic E-state index is 12.9. The van der Waals surface area contributed by atoms with Gasteiger partial charge in [0.25, 0.3) is 11.8 Å². The van der Waals surface area contributed by atoms with Gasteiger partial charge in [-0.15, -0.1) is 0 Å². The average Bonchev–Trinajstić information content (AvgIpc) is 2.99. The van der Waals surface area contributed by atoms with Gasteiger partial charge in [-0.3, -0.25) is 19.3 Å². The number of nitrogens with zero attached hydrogens (tertiary/aromatic N) is 2. The van der Waals surface area contributed by atoms with E-state index < -0.39 is 29.9 Å². The minimum Gasteiger partial charge on any atom is -0.339 e. The zero-order valence-corrected chi connectivity index (χ0v) is 17.8. The van der Waals surface area contributed by atoms with E-state index in [1.165, 1.54) is 0 Å². The van der Waals surface area contributed by atoms with Gasteiger partial charge in [0.1, 0.15) is 12.1 Å². The SMILES string of the molecule is CCN(CC)C(=O)c1ccc(NC(=O)CN2C(=O)N[C@@](C)(c3ccccc3)C2=O)cc1. The molecule has 1 aliphatic rings. The first kappa shape index (κ1) is 22.0. The Bertz CT molecular complexity index is 986. The van der Waals surface area contributed by atoms with Gasteiger partial charge in [0.05, 0.1) is 0 Å². The molecule has 2 N–H and O–H groups in total. The summed E-state index contributed by atoms with van der Waals surface area (Å²) in [5.41, 5.74) is 0.420. The third kappa shape index (κ3) is 4.42. The number of urea groups is 1. The second-order valence-electron chi connectivity index (χ2n) is 7.42. The second kappa shape index (κ2) is 8.99. The molecular formula is C23H26N4O4. The number of nitrogens with one attached hydrogen (secondary N) is 2. The van der Waals surface area contributed by atoms with Crippen LogP contribution in [-0.2, 0) is 15.1 Å². The lowest BCUT2D eigenvalue weighted by Crippen LogP contribution is -2.42. The lowest BCUT2D eigenvalue weighted by Gasteiger charge is -2.22.